The van der Waals surface area contributed by atoms with Crippen LogP contribution in [0.15, 0.2) is 79.4 Å². The number of amides is 2. The number of fused-ring (bicyclic) bond motifs is 4. The summed E-state index contributed by atoms with van der Waals surface area (Å²) in [6, 6.07) is 19.5. The zero-order valence-electron chi connectivity index (χ0n) is 53.3. The van der Waals surface area contributed by atoms with Gasteiger partial charge >= 0.3 is 12.0 Å². The van der Waals surface area contributed by atoms with Crippen LogP contribution in [0.2, 0.25) is 10.0 Å². The SMILES string of the molecule is C=C(F)C(=O)N1CCN(c2nc(OC[C@@H]3C[C@@H](OCc4cc(F)c(Cl)c5c(N6CCc7c(nc(O[C@@H]8CCCC[C@H]8N(C)C)nc7N7CCN(C(=O)C(=C)F)[C@@H](CC#N)C7)C6)cccc45)CN3C(C)C)nc3c2CCN(c2cccc4ccc(F)c(Cl)c24)C3)C[C@@H]1CC#N. The minimum absolute atomic E-state index is 0.0143. The van der Waals surface area contributed by atoms with Gasteiger partial charge < -0.3 is 48.5 Å². The number of hydrogen-bond acceptors (Lipinski definition) is 17. The van der Waals surface area contributed by atoms with Crippen molar-refractivity contribution in [2.45, 2.75) is 134 Å². The second kappa shape index (κ2) is 28.1. The Balaban J connectivity index is 0.789. The fourth-order valence-electron chi connectivity index (χ4n) is 14.9. The molecule has 0 N–H and O–H groups in total. The molecule has 6 aliphatic rings. The van der Waals surface area contributed by atoms with Crippen molar-refractivity contribution in [3.8, 4) is 24.2 Å². The highest BCUT2D eigenvalue weighted by Gasteiger charge is 2.40. The number of rotatable bonds is 18. The predicted molar refractivity (Wildman–Crippen MR) is 352 cm³/mol. The highest BCUT2D eigenvalue weighted by molar-refractivity contribution is 6.37. The summed E-state index contributed by atoms with van der Waals surface area (Å²) in [4.78, 5) is 61.7. The number of halogens is 6. The van der Waals surface area contributed by atoms with Crippen LogP contribution in [0.5, 0.6) is 12.0 Å². The van der Waals surface area contributed by atoms with E-state index in [0.29, 0.717) is 110 Å². The first-order chi connectivity index (χ1) is 45.3. The topological polar surface area (TPSA) is 187 Å². The average molecular weight is 1330 g/mol. The average Bonchev–Trinajstić information content (AvgIpc) is 0.841. The van der Waals surface area contributed by atoms with Crippen LogP contribution in [0.3, 0.4) is 0 Å². The normalized spacial score (nSPS) is 21.8. The number of likely N-dealkylation sites (N-methyl/N-ethyl adjacent to an activating group) is 1. The van der Waals surface area contributed by atoms with Crippen molar-refractivity contribution in [1.82, 2.24) is 39.5 Å². The van der Waals surface area contributed by atoms with Crippen molar-refractivity contribution in [2.24, 2.45) is 0 Å². The number of benzene rings is 4. The Morgan fingerprint density at radius 1 is 0.702 bits per heavy atom. The van der Waals surface area contributed by atoms with Gasteiger partial charge in [-0.2, -0.15) is 30.5 Å². The van der Waals surface area contributed by atoms with E-state index in [1.165, 1.54) is 21.9 Å². The zero-order valence-corrected chi connectivity index (χ0v) is 54.8. The molecule has 6 atom stereocenters. The van der Waals surface area contributed by atoms with E-state index in [-0.39, 0.29) is 105 Å². The lowest BCUT2D eigenvalue weighted by molar-refractivity contribution is -0.132. The lowest BCUT2D eigenvalue weighted by atomic mass is 9.92. The van der Waals surface area contributed by atoms with Crippen LogP contribution < -0.4 is 29.1 Å². The second-order valence-corrected chi connectivity index (χ2v) is 26.5. The first kappa shape index (κ1) is 66.0. The molecule has 4 fully saturated rings. The maximum atomic E-state index is 16.5. The van der Waals surface area contributed by atoms with Crippen molar-refractivity contribution in [3.63, 3.8) is 0 Å². The summed E-state index contributed by atoms with van der Waals surface area (Å²) in [5.74, 6) is -3.75. The van der Waals surface area contributed by atoms with Gasteiger partial charge in [-0.15, -0.1) is 0 Å². The van der Waals surface area contributed by atoms with Gasteiger partial charge in [-0.25, -0.2) is 17.6 Å². The molecule has 494 valence electrons. The van der Waals surface area contributed by atoms with Crippen LogP contribution >= 0.6 is 23.2 Å². The van der Waals surface area contributed by atoms with Gasteiger partial charge in [0.05, 0.1) is 84.3 Å². The summed E-state index contributed by atoms with van der Waals surface area (Å²) >= 11 is 13.7. The summed E-state index contributed by atoms with van der Waals surface area (Å²) in [5.41, 5.74) is 5.22. The molecule has 6 aromatic rings. The number of nitrogens with zero attached hydrogens (tertiary/aromatic N) is 14. The van der Waals surface area contributed by atoms with E-state index >= 15 is 8.78 Å². The lowest BCUT2D eigenvalue weighted by Gasteiger charge is -2.42. The van der Waals surface area contributed by atoms with Crippen LogP contribution in [0.25, 0.3) is 21.5 Å². The van der Waals surface area contributed by atoms with Crippen molar-refractivity contribution < 1.29 is 41.4 Å². The van der Waals surface area contributed by atoms with Gasteiger partial charge in [0.2, 0.25) is 0 Å². The van der Waals surface area contributed by atoms with E-state index in [1.807, 2.05) is 60.3 Å². The quantitative estimate of drug-likeness (QED) is 0.0583. The Morgan fingerprint density at radius 2 is 1.28 bits per heavy atom. The number of ether oxygens (including phenoxy) is 3. The minimum atomic E-state index is -1.10. The van der Waals surface area contributed by atoms with Gasteiger partial charge in [-0.3, -0.25) is 14.5 Å². The van der Waals surface area contributed by atoms with E-state index in [4.69, 9.17) is 57.3 Å². The molecule has 1 aliphatic carbocycles. The van der Waals surface area contributed by atoms with Crippen LogP contribution in [-0.2, 0) is 46.9 Å². The molecule has 0 unspecified atom stereocenters. The van der Waals surface area contributed by atoms with Crippen molar-refractivity contribution in [3.05, 3.63) is 129 Å². The van der Waals surface area contributed by atoms with Gasteiger partial charge in [0.25, 0.3) is 11.8 Å². The second-order valence-electron chi connectivity index (χ2n) is 25.7. The van der Waals surface area contributed by atoms with Crippen molar-refractivity contribution >= 4 is 79.6 Å². The van der Waals surface area contributed by atoms with Crippen LogP contribution in [0.4, 0.5) is 40.6 Å². The molecule has 12 rings (SSSR count). The predicted octanol–water partition coefficient (Wildman–Crippen LogP) is 10.8. The summed E-state index contributed by atoms with van der Waals surface area (Å²) in [5, 5.41) is 22.3. The van der Waals surface area contributed by atoms with Gasteiger partial charge in [-0.1, -0.05) is 73.1 Å². The Kier molecular flexibility index (Phi) is 19.7. The third-order valence-corrected chi connectivity index (χ3v) is 20.3. The number of aromatic nitrogens is 4. The van der Waals surface area contributed by atoms with Crippen molar-refractivity contribution in [1.29, 1.82) is 10.5 Å². The molecule has 2 aromatic heterocycles. The molecule has 94 heavy (non-hydrogen) atoms. The first-order valence-corrected chi connectivity index (χ1v) is 33.0. The fourth-order valence-corrected chi connectivity index (χ4v) is 15.4. The Labute approximate surface area is 554 Å². The van der Waals surface area contributed by atoms with Gasteiger partial charge in [0.1, 0.15) is 36.0 Å². The van der Waals surface area contributed by atoms with E-state index < -0.39 is 47.2 Å². The molecule has 7 heterocycles. The Hall–Kier alpha value is -8.06. The summed E-state index contributed by atoms with van der Waals surface area (Å²) in [6.07, 6.45) is 4.90. The molecular weight excluding hydrogens is 1250 g/mol. The molecule has 0 spiro atoms. The van der Waals surface area contributed by atoms with Gasteiger partial charge in [0, 0.05) is 110 Å². The molecule has 2 amide bonds. The molecule has 4 aromatic carbocycles. The Bertz CT molecular complexity index is 4020. The number of hydrogen-bond donors (Lipinski definition) is 0. The number of carbonyl (C=O) groups excluding carboxylic acids is 2. The third kappa shape index (κ3) is 13.4. The fraction of sp³-hybridized carbons (Fsp3) is 0.478. The highest BCUT2D eigenvalue weighted by atomic mass is 35.5. The molecule has 0 bridgehead atoms. The van der Waals surface area contributed by atoms with E-state index in [2.05, 4.69) is 58.7 Å². The monoisotopic (exact) mass is 1330 g/mol. The number of carbonyl (C=O) groups is 2. The lowest BCUT2D eigenvalue weighted by Crippen LogP contribution is -2.55. The summed E-state index contributed by atoms with van der Waals surface area (Å²) < 4.78 is 80.3. The van der Waals surface area contributed by atoms with Gasteiger partial charge in [-0.05, 0) is 107 Å². The van der Waals surface area contributed by atoms with Crippen molar-refractivity contribution in [2.75, 3.05) is 99.2 Å². The number of piperazine rings is 2. The van der Waals surface area contributed by atoms with Crippen LogP contribution in [0.1, 0.15) is 86.9 Å². The zero-order chi connectivity index (χ0) is 66.2. The van der Waals surface area contributed by atoms with Gasteiger partial charge in [0.15, 0.2) is 11.7 Å². The number of likely N-dealkylation sites (tertiary alicyclic amines) is 1. The van der Waals surface area contributed by atoms with Crippen LogP contribution in [-0.4, -0.2) is 173 Å². The first-order valence-electron chi connectivity index (χ1n) is 32.2. The van der Waals surface area contributed by atoms with E-state index in [9.17, 15) is 28.9 Å². The van der Waals surface area contributed by atoms with E-state index in [0.717, 1.165) is 53.3 Å². The molecule has 25 heteroatoms. The maximum Gasteiger partial charge on any atom is 0.319 e. The largest absolute Gasteiger partial charge is 0.462 e. The molecule has 5 aliphatic heterocycles. The number of anilines is 4. The highest BCUT2D eigenvalue weighted by Crippen LogP contribution is 2.43. The summed E-state index contributed by atoms with van der Waals surface area (Å²) in [6.45, 7) is 14.4. The molecule has 3 saturated heterocycles. The molecule has 19 nitrogen and oxygen atoms in total. The smallest absolute Gasteiger partial charge is 0.319 e. The minimum Gasteiger partial charge on any atom is -0.462 e. The standard InChI is InChI=1S/C69H76Cl2F4N14O5/c1-40(2)89-35-48(32-47(89)39-93-68-78-54-36-83(57-14-9-11-43-17-18-52(74)62(70)60(43)57)25-21-50(54)64(80-68)85-27-29-87(66(90)41(3)72)45(33-85)19-23-76)92-38-44-31-53(75)63(71)61-49(44)12-10-15-58(61)84-26-22-51-55(37-84)79-69(94-59-16-8-7-13-56(59)82(5)6)81-65(51)86-28-30-88(67(91)42(4)73)46(34-86)20-24-77/h9-12,14-15,17-18,31,40,45-48,56,59H,3-4,7-8,13,16,19-22,25-30,32-39H2,1-2,5-6H3/t45-,46-,47-,48+,56+,59+/m0/s1. The molecule has 0 radical (unpaired) electrons. The third-order valence-electron chi connectivity index (χ3n) is 19.5. The van der Waals surface area contributed by atoms with Crippen LogP contribution in [0, 0.1) is 34.3 Å². The maximum absolute atomic E-state index is 16.5. The molecular formula is C69H76Cl2F4N14O5. The Morgan fingerprint density at radius 3 is 1.87 bits per heavy atom. The van der Waals surface area contributed by atoms with E-state index in [1.54, 1.807) is 6.07 Å². The molecule has 1 saturated carbocycles. The number of nitriles is 2. The summed E-state index contributed by atoms with van der Waals surface area (Å²) in [7, 11) is 4.09.